The lowest BCUT2D eigenvalue weighted by Crippen LogP contribution is -2.52. The topological polar surface area (TPSA) is 60.9 Å². The number of amides is 1. The summed E-state index contributed by atoms with van der Waals surface area (Å²) in [5.74, 6) is 0.0124. The van der Waals surface area contributed by atoms with Crippen LogP contribution in [0.3, 0.4) is 0 Å². The summed E-state index contributed by atoms with van der Waals surface area (Å²) >= 11 is 7.46. The van der Waals surface area contributed by atoms with Crippen LogP contribution in [0.1, 0.15) is 16.0 Å². The maximum Gasteiger partial charge on any atom is 0.243 e. The number of rotatable bonds is 6. The molecule has 1 fully saturated rings. The molecule has 0 spiro atoms. The van der Waals surface area contributed by atoms with E-state index >= 15 is 0 Å². The van der Waals surface area contributed by atoms with Crippen LogP contribution < -0.4 is 0 Å². The molecule has 2 aromatic rings. The molecule has 1 saturated heterocycles. The zero-order chi connectivity index (χ0) is 21.2. The quantitative estimate of drug-likeness (QED) is 0.671. The highest BCUT2D eigenvalue weighted by Crippen LogP contribution is 2.23. The Morgan fingerprint density at radius 3 is 2.38 bits per heavy atom. The van der Waals surface area contributed by atoms with Gasteiger partial charge in [0.1, 0.15) is 0 Å². The number of aryl methyl sites for hydroxylation is 2. The van der Waals surface area contributed by atoms with E-state index in [-0.39, 0.29) is 5.91 Å². The number of nitrogens with zero attached hydrogens (tertiary/aromatic N) is 3. The van der Waals surface area contributed by atoms with Crippen molar-refractivity contribution in [1.29, 1.82) is 0 Å². The van der Waals surface area contributed by atoms with Gasteiger partial charge in [0.05, 0.1) is 15.8 Å². The molecule has 0 N–H and O–H groups in total. The minimum absolute atomic E-state index is 0.0124. The number of hydrogen-bond donors (Lipinski definition) is 0. The smallest absolute Gasteiger partial charge is 0.243 e. The molecule has 1 aromatic heterocycles. The summed E-state index contributed by atoms with van der Waals surface area (Å²) in [6.07, 6.45) is 0. The van der Waals surface area contributed by atoms with Crippen LogP contribution in [0.5, 0.6) is 0 Å². The average Bonchev–Trinajstić information content (AvgIpc) is 3.08. The van der Waals surface area contributed by atoms with Crippen LogP contribution in [-0.4, -0.2) is 68.2 Å². The van der Waals surface area contributed by atoms with Crippen LogP contribution in [0.4, 0.5) is 0 Å². The Kier molecular flexibility index (Phi) is 7.01. The highest BCUT2D eigenvalue weighted by Gasteiger charge is 2.30. The molecular formula is C20H26ClN3O3S2. The third-order valence-corrected chi connectivity index (χ3v) is 8.28. The van der Waals surface area contributed by atoms with Gasteiger partial charge in [-0.3, -0.25) is 9.69 Å². The Balaban J connectivity index is 1.55. The van der Waals surface area contributed by atoms with Gasteiger partial charge in [0, 0.05) is 37.6 Å². The first kappa shape index (κ1) is 22.2. The summed E-state index contributed by atoms with van der Waals surface area (Å²) in [4.78, 5) is 17.7. The molecule has 0 unspecified atom stereocenters. The normalized spacial score (nSPS) is 15.8. The van der Waals surface area contributed by atoms with Crippen molar-refractivity contribution in [3.05, 3.63) is 50.7 Å². The van der Waals surface area contributed by atoms with Crippen LogP contribution in [0.25, 0.3) is 0 Å². The van der Waals surface area contributed by atoms with Crippen molar-refractivity contribution in [3.63, 3.8) is 0 Å². The average molecular weight is 456 g/mol. The second-order valence-corrected chi connectivity index (χ2v) is 11.1. The van der Waals surface area contributed by atoms with E-state index in [0.717, 1.165) is 20.3 Å². The van der Waals surface area contributed by atoms with Gasteiger partial charge in [0.2, 0.25) is 15.9 Å². The summed E-state index contributed by atoms with van der Waals surface area (Å²) < 4.78 is 28.0. The van der Waals surface area contributed by atoms with Gasteiger partial charge in [0.15, 0.2) is 0 Å². The Labute approximate surface area is 181 Å². The lowest BCUT2D eigenvalue weighted by Gasteiger charge is -2.34. The number of carbonyl (C=O) groups is 1. The van der Waals surface area contributed by atoms with E-state index in [1.165, 1.54) is 15.6 Å². The molecule has 0 aliphatic carbocycles. The molecule has 0 saturated carbocycles. The van der Waals surface area contributed by atoms with Crippen molar-refractivity contribution in [2.24, 2.45) is 0 Å². The monoisotopic (exact) mass is 455 g/mol. The SMILES string of the molecule is Cc1ccc(S(=O)(=O)N2CCN(C(=O)CN(C)Cc3ccc(Cl)s3)CC2)cc1C. The molecular weight excluding hydrogens is 430 g/mol. The van der Waals surface area contributed by atoms with Gasteiger partial charge in [-0.1, -0.05) is 17.7 Å². The molecule has 9 heteroatoms. The zero-order valence-electron chi connectivity index (χ0n) is 16.9. The molecule has 1 aliphatic heterocycles. The van der Waals surface area contributed by atoms with Crippen molar-refractivity contribution in [3.8, 4) is 0 Å². The van der Waals surface area contributed by atoms with Gasteiger partial charge in [0.25, 0.3) is 0 Å². The minimum atomic E-state index is -3.54. The summed E-state index contributed by atoms with van der Waals surface area (Å²) in [5.41, 5.74) is 2.02. The summed E-state index contributed by atoms with van der Waals surface area (Å²) in [5, 5.41) is 0. The van der Waals surface area contributed by atoms with Crippen LogP contribution in [0.15, 0.2) is 35.2 Å². The number of benzene rings is 1. The van der Waals surface area contributed by atoms with Crippen LogP contribution in [-0.2, 0) is 21.4 Å². The van der Waals surface area contributed by atoms with E-state index in [4.69, 9.17) is 11.6 Å². The van der Waals surface area contributed by atoms with E-state index in [2.05, 4.69) is 0 Å². The van der Waals surface area contributed by atoms with E-state index in [9.17, 15) is 13.2 Å². The predicted molar refractivity (Wildman–Crippen MR) is 117 cm³/mol. The first-order valence-electron chi connectivity index (χ1n) is 9.45. The van der Waals surface area contributed by atoms with Crippen molar-refractivity contribution in [1.82, 2.24) is 14.1 Å². The molecule has 1 amide bonds. The first-order valence-corrected chi connectivity index (χ1v) is 12.1. The van der Waals surface area contributed by atoms with Crippen LogP contribution >= 0.6 is 22.9 Å². The number of hydrogen-bond acceptors (Lipinski definition) is 5. The molecule has 158 valence electrons. The van der Waals surface area contributed by atoms with Crippen LogP contribution in [0.2, 0.25) is 4.34 Å². The van der Waals surface area contributed by atoms with E-state index < -0.39 is 10.0 Å². The van der Waals surface area contributed by atoms with Gasteiger partial charge in [-0.15, -0.1) is 11.3 Å². The molecule has 2 heterocycles. The largest absolute Gasteiger partial charge is 0.339 e. The summed E-state index contributed by atoms with van der Waals surface area (Å²) in [7, 11) is -1.64. The molecule has 29 heavy (non-hydrogen) atoms. The van der Waals surface area contributed by atoms with Crippen molar-refractivity contribution in [2.45, 2.75) is 25.3 Å². The predicted octanol–water partition coefficient (Wildman–Crippen LogP) is 2.98. The second kappa shape index (κ2) is 9.14. The molecule has 6 nitrogen and oxygen atoms in total. The molecule has 0 bridgehead atoms. The van der Waals surface area contributed by atoms with Gasteiger partial charge >= 0.3 is 0 Å². The fourth-order valence-corrected chi connectivity index (χ4v) is 5.97. The first-order chi connectivity index (χ1) is 13.7. The Morgan fingerprint density at radius 1 is 1.10 bits per heavy atom. The Hall–Kier alpha value is -1.45. The standard InChI is InChI=1S/C20H26ClN3O3S2/c1-15-4-6-18(12-16(15)2)29(26,27)24-10-8-23(9-11-24)20(25)14-22(3)13-17-5-7-19(21)28-17/h4-7,12H,8-11,13-14H2,1-3H3. The molecule has 1 aromatic carbocycles. The van der Waals surface area contributed by atoms with Crippen molar-refractivity contribution < 1.29 is 13.2 Å². The van der Waals surface area contributed by atoms with Gasteiger partial charge in [-0.05, 0) is 56.3 Å². The van der Waals surface area contributed by atoms with Crippen molar-refractivity contribution >= 4 is 38.9 Å². The van der Waals surface area contributed by atoms with E-state index in [1.54, 1.807) is 17.0 Å². The number of piperazine rings is 1. The maximum absolute atomic E-state index is 12.9. The number of thiophene rings is 1. The molecule has 0 atom stereocenters. The third kappa shape index (κ3) is 5.38. The lowest BCUT2D eigenvalue weighted by molar-refractivity contribution is -0.133. The Morgan fingerprint density at radius 2 is 1.79 bits per heavy atom. The number of carbonyl (C=O) groups excluding carboxylic acids is 1. The molecule has 3 rings (SSSR count). The molecule has 0 radical (unpaired) electrons. The number of halogens is 1. The highest BCUT2D eigenvalue weighted by atomic mass is 35.5. The number of likely N-dealkylation sites (N-methyl/N-ethyl adjacent to an activating group) is 1. The summed E-state index contributed by atoms with van der Waals surface area (Å²) in [6, 6.07) is 9.02. The Bertz CT molecular complexity index is 983. The van der Waals surface area contributed by atoms with Crippen LogP contribution in [0, 0.1) is 13.8 Å². The minimum Gasteiger partial charge on any atom is -0.339 e. The fraction of sp³-hybridized carbons (Fsp3) is 0.450. The zero-order valence-corrected chi connectivity index (χ0v) is 19.3. The van der Waals surface area contributed by atoms with Gasteiger partial charge in [-0.2, -0.15) is 4.31 Å². The van der Waals surface area contributed by atoms with Crippen molar-refractivity contribution in [2.75, 3.05) is 39.8 Å². The number of sulfonamides is 1. The van der Waals surface area contributed by atoms with E-state index in [1.807, 2.05) is 44.0 Å². The highest BCUT2D eigenvalue weighted by molar-refractivity contribution is 7.89. The summed E-state index contributed by atoms with van der Waals surface area (Å²) in [6.45, 7) is 6.25. The van der Waals surface area contributed by atoms with E-state index in [0.29, 0.717) is 44.2 Å². The second-order valence-electron chi connectivity index (χ2n) is 7.41. The third-order valence-electron chi connectivity index (χ3n) is 5.17. The maximum atomic E-state index is 12.9. The van der Waals surface area contributed by atoms with Gasteiger partial charge in [-0.25, -0.2) is 8.42 Å². The fourth-order valence-electron chi connectivity index (χ4n) is 3.29. The van der Waals surface area contributed by atoms with Gasteiger partial charge < -0.3 is 4.90 Å². The lowest BCUT2D eigenvalue weighted by atomic mass is 10.1. The molecule has 1 aliphatic rings.